The van der Waals surface area contributed by atoms with E-state index in [4.69, 9.17) is 11.6 Å². The summed E-state index contributed by atoms with van der Waals surface area (Å²) < 4.78 is 27.4. The highest BCUT2D eigenvalue weighted by atomic mass is 35.5. The molecule has 0 amide bonds. The lowest BCUT2D eigenvalue weighted by molar-refractivity contribution is 0.0968. The number of alkyl halides is 1. The fourth-order valence-corrected chi connectivity index (χ4v) is 5.49. The maximum atomic E-state index is 15.0. The number of nitrogens with zero attached hydrogens (tertiary/aromatic N) is 2. The Bertz CT molecular complexity index is 1180. The van der Waals surface area contributed by atoms with Gasteiger partial charge in [0.1, 0.15) is 5.69 Å². The molecule has 0 saturated carbocycles. The third kappa shape index (κ3) is 4.94. The molecular weight excluding hydrogens is 450 g/mol. The minimum absolute atomic E-state index is 0.237. The van der Waals surface area contributed by atoms with E-state index in [2.05, 4.69) is 52.3 Å². The van der Waals surface area contributed by atoms with Crippen molar-refractivity contribution in [2.24, 2.45) is 5.92 Å². The van der Waals surface area contributed by atoms with Crippen molar-refractivity contribution in [1.82, 2.24) is 9.88 Å². The van der Waals surface area contributed by atoms with Crippen LogP contribution in [0.25, 0.3) is 11.1 Å². The van der Waals surface area contributed by atoms with Gasteiger partial charge in [0.15, 0.2) is 5.82 Å². The summed E-state index contributed by atoms with van der Waals surface area (Å²) in [7, 11) is 0. The first-order valence-electron chi connectivity index (χ1n) is 12.1. The van der Waals surface area contributed by atoms with Crippen molar-refractivity contribution in [2.75, 3.05) is 26.3 Å². The molecule has 0 radical (unpaired) electrons. The van der Waals surface area contributed by atoms with Crippen molar-refractivity contribution in [3.05, 3.63) is 99.6 Å². The van der Waals surface area contributed by atoms with Crippen LogP contribution in [0.1, 0.15) is 47.2 Å². The first kappa shape index (κ1) is 23.2. The van der Waals surface area contributed by atoms with Gasteiger partial charge in [-0.3, -0.25) is 9.37 Å². The number of halogens is 3. The molecule has 0 N–H and O–H groups in total. The Hall–Kier alpha value is -2.56. The molecule has 0 atom stereocenters. The number of hydrogen-bond donors (Lipinski definition) is 0. The lowest BCUT2D eigenvalue weighted by Crippen LogP contribution is -2.47. The number of pyridine rings is 1. The molecule has 176 valence electrons. The Labute approximate surface area is 205 Å². The van der Waals surface area contributed by atoms with E-state index in [0.717, 1.165) is 67.6 Å². The number of rotatable bonds is 7. The van der Waals surface area contributed by atoms with Gasteiger partial charge in [-0.2, -0.15) is 0 Å². The Kier molecular flexibility index (Phi) is 7.07. The van der Waals surface area contributed by atoms with Gasteiger partial charge in [0, 0.05) is 25.8 Å². The Morgan fingerprint density at radius 3 is 2.59 bits per heavy atom. The normalized spacial score (nSPS) is 16.8. The van der Waals surface area contributed by atoms with Crippen LogP contribution >= 0.6 is 11.6 Å². The number of allylic oxidation sites excluding steroid dienone is 1. The van der Waals surface area contributed by atoms with E-state index in [-0.39, 0.29) is 12.5 Å². The molecule has 2 aromatic carbocycles. The van der Waals surface area contributed by atoms with Crippen molar-refractivity contribution in [3.63, 3.8) is 0 Å². The molecule has 1 aromatic heterocycles. The van der Waals surface area contributed by atoms with Crippen molar-refractivity contribution >= 4 is 22.7 Å². The van der Waals surface area contributed by atoms with Gasteiger partial charge >= 0.3 is 0 Å². The van der Waals surface area contributed by atoms with Crippen molar-refractivity contribution < 1.29 is 8.78 Å². The average Bonchev–Trinajstić information content (AvgIpc) is 3.00. The summed E-state index contributed by atoms with van der Waals surface area (Å²) in [5.74, 6) is 0.254. The Balaban J connectivity index is 1.47. The zero-order valence-corrected chi connectivity index (χ0v) is 20.0. The second-order valence-electron chi connectivity index (χ2n) is 9.42. The van der Waals surface area contributed by atoms with Crippen LogP contribution < -0.4 is 0 Å². The lowest BCUT2D eigenvalue weighted by atomic mass is 9.87. The van der Waals surface area contributed by atoms with Crippen LogP contribution in [0.5, 0.6) is 0 Å². The molecule has 2 nitrogen and oxygen atoms in total. The van der Waals surface area contributed by atoms with E-state index in [0.29, 0.717) is 23.1 Å². The summed E-state index contributed by atoms with van der Waals surface area (Å²) in [6.07, 6.45) is 5.84. The van der Waals surface area contributed by atoms with Gasteiger partial charge in [-0.05, 0) is 77.5 Å². The molecule has 0 unspecified atom stereocenters. The second kappa shape index (κ2) is 10.4. The smallest absolute Gasteiger partial charge is 0.150 e. The first-order valence-corrected chi connectivity index (χ1v) is 12.5. The van der Waals surface area contributed by atoms with Gasteiger partial charge in [0.05, 0.1) is 11.7 Å². The summed E-state index contributed by atoms with van der Waals surface area (Å²) in [4.78, 5) is 6.73. The van der Waals surface area contributed by atoms with E-state index in [1.165, 1.54) is 23.4 Å². The number of aromatic nitrogens is 1. The number of aryl methyl sites for hydroxylation is 1. The summed E-state index contributed by atoms with van der Waals surface area (Å²) in [5, 5.41) is 0.307. The summed E-state index contributed by atoms with van der Waals surface area (Å²) in [6, 6.07) is 18.5. The van der Waals surface area contributed by atoms with E-state index in [1.807, 2.05) is 6.07 Å². The SMILES string of the molecule is FCCCN1CC(Cc2ccc(C3=C(c4ncc(Cl)cc4F)CCCc4ccccc43)cc2)C1. The predicted octanol–water partition coefficient (Wildman–Crippen LogP) is 7.00. The van der Waals surface area contributed by atoms with Crippen LogP contribution in [-0.2, 0) is 12.8 Å². The highest BCUT2D eigenvalue weighted by molar-refractivity contribution is 6.30. The van der Waals surface area contributed by atoms with Gasteiger partial charge in [0.25, 0.3) is 0 Å². The monoisotopic (exact) mass is 478 g/mol. The van der Waals surface area contributed by atoms with Crippen molar-refractivity contribution in [1.29, 1.82) is 0 Å². The highest BCUT2D eigenvalue weighted by Gasteiger charge is 2.26. The molecule has 3 aromatic rings. The number of benzene rings is 2. The van der Waals surface area contributed by atoms with Crippen LogP contribution in [0, 0.1) is 11.7 Å². The number of fused-ring (bicyclic) bond motifs is 1. The first-order chi connectivity index (χ1) is 16.6. The molecule has 34 heavy (non-hydrogen) atoms. The topological polar surface area (TPSA) is 16.1 Å². The molecule has 5 rings (SSSR count). The average molecular weight is 479 g/mol. The fourth-order valence-electron chi connectivity index (χ4n) is 5.34. The molecule has 0 bridgehead atoms. The molecule has 2 aliphatic rings. The van der Waals surface area contributed by atoms with Gasteiger partial charge in [0.2, 0.25) is 0 Å². The van der Waals surface area contributed by atoms with E-state index >= 15 is 0 Å². The third-order valence-electron chi connectivity index (χ3n) is 6.96. The molecule has 5 heteroatoms. The second-order valence-corrected chi connectivity index (χ2v) is 9.85. The fraction of sp³-hybridized carbons (Fsp3) is 0.345. The van der Waals surface area contributed by atoms with Gasteiger partial charge in [-0.1, -0.05) is 60.1 Å². The van der Waals surface area contributed by atoms with Crippen LogP contribution in [0.15, 0.2) is 60.8 Å². The minimum Gasteiger partial charge on any atom is -0.303 e. The van der Waals surface area contributed by atoms with E-state index in [1.54, 1.807) is 0 Å². The zero-order valence-electron chi connectivity index (χ0n) is 19.2. The van der Waals surface area contributed by atoms with E-state index in [9.17, 15) is 8.78 Å². The minimum atomic E-state index is -0.377. The van der Waals surface area contributed by atoms with Gasteiger partial charge < -0.3 is 4.90 Å². The molecule has 1 aliphatic carbocycles. The summed E-state index contributed by atoms with van der Waals surface area (Å²) in [6.45, 7) is 2.72. The van der Waals surface area contributed by atoms with Crippen LogP contribution in [0.3, 0.4) is 0 Å². The molecular formula is C29H29ClF2N2. The highest BCUT2D eigenvalue weighted by Crippen LogP contribution is 2.40. The molecule has 2 heterocycles. The largest absolute Gasteiger partial charge is 0.303 e. The standard InChI is InChI=1S/C29H29ClF2N2/c30-24-16-27(32)29(33-17-24)26-8-3-6-22-5-1-2-7-25(22)28(26)23-11-9-20(10-12-23)15-21-18-34(19-21)14-4-13-31/h1-2,5,7,9-12,16-17,21H,3-4,6,8,13-15,18-19H2. The zero-order chi connectivity index (χ0) is 23.5. The quantitative estimate of drug-likeness (QED) is 0.363. The summed E-state index contributed by atoms with van der Waals surface area (Å²) in [5.41, 5.74) is 7.23. The predicted molar refractivity (Wildman–Crippen MR) is 135 cm³/mol. The molecule has 0 spiro atoms. The van der Waals surface area contributed by atoms with E-state index < -0.39 is 0 Å². The van der Waals surface area contributed by atoms with Crippen LogP contribution in [-0.4, -0.2) is 36.2 Å². The maximum absolute atomic E-state index is 15.0. The Morgan fingerprint density at radius 1 is 1.03 bits per heavy atom. The third-order valence-corrected chi connectivity index (χ3v) is 7.17. The number of hydrogen-bond acceptors (Lipinski definition) is 2. The Morgan fingerprint density at radius 2 is 1.82 bits per heavy atom. The van der Waals surface area contributed by atoms with Gasteiger partial charge in [-0.25, -0.2) is 4.39 Å². The summed E-state index contributed by atoms with van der Waals surface area (Å²) >= 11 is 5.99. The lowest BCUT2D eigenvalue weighted by Gasteiger charge is -2.39. The van der Waals surface area contributed by atoms with Crippen LogP contribution in [0.4, 0.5) is 8.78 Å². The maximum Gasteiger partial charge on any atom is 0.150 e. The van der Waals surface area contributed by atoms with Gasteiger partial charge in [-0.15, -0.1) is 0 Å². The van der Waals surface area contributed by atoms with Crippen LogP contribution in [0.2, 0.25) is 5.02 Å². The van der Waals surface area contributed by atoms with Crippen molar-refractivity contribution in [3.8, 4) is 0 Å². The molecule has 1 saturated heterocycles. The number of likely N-dealkylation sites (tertiary alicyclic amines) is 1. The molecule has 1 aliphatic heterocycles. The molecule has 1 fully saturated rings. The van der Waals surface area contributed by atoms with Crippen molar-refractivity contribution in [2.45, 2.75) is 32.1 Å².